The number of carbonyl (C=O) groups excluding carboxylic acids is 2. The number of benzene rings is 1. The Balaban J connectivity index is 1.74. The number of rotatable bonds is 3. The van der Waals surface area contributed by atoms with Crippen molar-refractivity contribution in [3.8, 4) is 0 Å². The molecular weight excluding hydrogens is 304 g/mol. The molecule has 3 rings (SSSR count). The van der Waals surface area contributed by atoms with E-state index in [0.29, 0.717) is 5.56 Å². The summed E-state index contributed by atoms with van der Waals surface area (Å²) in [6.07, 6.45) is -3.31. The molecule has 0 aromatic heterocycles. The molecule has 4 atom stereocenters. The van der Waals surface area contributed by atoms with E-state index in [0.717, 1.165) is 0 Å². The highest BCUT2D eigenvalue weighted by atomic mass is 16.9. The van der Waals surface area contributed by atoms with Crippen LogP contribution in [0.4, 0.5) is 0 Å². The van der Waals surface area contributed by atoms with Crippen LogP contribution in [0.3, 0.4) is 0 Å². The molecule has 0 bridgehead atoms. The Morgan fingerprint density at radius 2 is 1.57 bits per heavy atom. The van der Waals surface area contributed by atoms with Crippen LogP contribution in [0.5, 0.6) is 0 Å². The monoisotopic (exact) mass is 322 g/mol. The minimum atomic E-state index is -1.01. The van der Waals surface area contributed by atoms with Gasteiger partial charge in [-0.1, -0.05) is 18.2 Å². The van der Waals surface area contributed by atoms with E-state index in [1.165, 1.54) is 6.92 Å². The third-order valence-electron chi connectivity index (χ3n) is 3.48. The van der Waals surface area contributed by atoms with Crippen molar-refractivity contribution in [1.29, 1.82) is 0 Å². The van der Waals surface area contributed by atoms with E-state index < -0.39 is 42.5 Å². The van der Waals surface area contributed by atoms with Crippen LogP contribution in [0.2, 0.25) is 0 Å². The summed E-state index contributed by atoms with van der Waals surface area (Å²) in [4.78, 5) is 23.4. The number of esters is 2. The second-order valence-corrected chi connectivity index (χ2v) is 5.82. The van der Waals surface area contributed by atoms with Crippen molar-refractivity contribution in [1.82, 2.24) is 0 Å². The molecule has 2 aliphatic rings. The number of ether oxygens (including phenoxy) is 5. The fourth-order valence-electron chi connectivity index (χ4n) is 2.63. The third-order valence-corrected chi connectivity index (χ3v) is 3.48. The Hall–Kier alpha value is -1.96. The molecule has 0 aliphatic carbocycles. The fourth-order valence-corrected chi connectivity index (χ4v) is 2.63. The zero-order chi connectivity index (χ0) is 16.6. The van der Waals surface area contributed by atoms with Crippen LogP contribution in [0.25, 0.3) is 0 Å². The van der Waals surface area contributed by atoms with Crippen molar-refractivity contribution in [2.45, 2.75) is 51.3 Å². The van der Waals surface area contributed by atoms with Crippen molar-refractivity contribution in [3.63, 3.8) is 0 Å². The summed E-state index contributed by atoms with van der Waals surface area (Å²) in [5, 5.41) is 0. The highest BCUT2D eigenvalue weighted by Gasteiger charge is 2.58. The van der Waals surface area contributed by atoms with Gasteiger partial charge in [0.25, 0.3) is 0 Å². The number of hydrogen-bond donors (Lipinski definition) is 0. The first-order valence-corrected chi connectivity index (χ1v) is 7.30. The molecule has 1 aromatic carbocycles. The van der Waals surface area contributed by atoms with E-state index in [2.05, 4.69) is 0 Å². The van der Waals surface area contributed by atoms with Crippen LogP contribution >= 0.6 is 0 Å². The van der Waals surface area contributed by atoms with Gasteiger partial charge in [0.05, 0.1) is 5.56 Å². The van der Waals surface area contributed by atoms with Crippen molar-refractivity contribution < 1.29 is 33.3 Å². The Morgan fingerprint density at radius 1 is 1.00 bits per heavy atom. The van der Waals surface area contributed by atoms with Crippen LogP contribution < -0.4 is 0 Å². The summed E-state index contributed by atoms with van der Waals surface area (Å²) < 4.78 is 27.3. The Morgan fingerprint density at radius 3 is 2.13 bits per heavy atom. The minimum Gasteiger partial charge on any atom is -0.433 e. The van der Waals surface area contributed by atoms with Gasteiger partial charge in [0.2, 0.25) is 12.6 Å². The topological polar surface area (TPSA) is 80.3 Å². The van der Waals surface area contributed by atoms with Gasteiger partial charge in [-0.05, 0) is 26.0 Å². The second-order valence-electron chi connectivity index (χ2n) is 5.82. The first-order valence-electron chi connectivity index (χ1n) is 7.30. The lowest BCUT2D eigenvalue weighted by molar-refractivity contribution is -0.258. The average molecular weight is 322 g/mol. The van der Waals surface area contributed by atoms with Gasteiger partial charge in [-0.3, -0.25) is 9.53 Å². The quantitative estimate of drug-likeness (QED) is 0.782. The first kappa shape index (κ1) is 15.9. The van der Waals surface area contributed by atoms with Gasteiger partial charge in [0, 0.05) is 6.92 Å². The van der Waals surface area contributed by atoms with Gasteiger partial charge in [0.1, 0.15) is 0 Å². The van der Waals surface area contributed by atoms with E-state index in [9.17, 15) is 9.59 Å². The van der Waals surface area contributed by atoms with Crippen LogP contribution in [0.15, 0.2) is 30.3 Å². The highest BCUT2D eigenvalue weighted by Crippen LogP contribution is 2.39. The average Bonchev–Trinajstić information content (AvgIpc) is 2.95. The molecule has 2 fully saturated rings. The summed E-state index contributed by atoms with van der Waals surface area (Å²) >= 11 is 0. The van der Waals surface area contributed by atoms with Crippen molar-refractivity contribution in [3.05, 3.63) is 35.9 Å². The lowest BCUT2D eigenvalue weighted by atomic mass is 10.2. The Labute approximate surface area is 133 Å². The lowest BCUT2D eigenvalue weighted by Crippen LogP contribution is -2.33. The maximum absolute atomic E-state index is 12.2. The van der Waals surface area contributed by atoms with E-state index >= 15 is 0 Å². The van der Waals surface area contributed by atoms with Gasteiger partial charge in [-0.2, -0.15) is 0 Å². The van der Waals surface area contributed by atoms with Gasteiger partial charge in [-0.15, -0.1) is 0 Å². The highest BCUT2D eigenvalue weighted by molar-refractivity contribution is 5.89. The molecular formula is C16H18O7. The summed E-state index contributed by atoms with van der Waals surface area (Å²) in [6, 6.07) is 8.53. The largest absolute Gasteiger partial charge is 0.433 e. The van der Waals surface area contributed by atoms with Crippen LogP contribution in [-0.4, -0.2) is 42.5 Å². The molecule has 2 aliphatic heterocycles. The number of carbonyl (C=O) groups is 2. The molecule has 0 N–H and O–H groups in total. The maximum atomic E-state index is 12.2. The van der Waals surface area contributed by atoms with Crippen molar-refractivity contribution in [2.24, 2.45) is 0 Å². The molecule has 0 amide bonds. The molecule has 23 heavy (non-hydrogen) atoms. The first-order chi connectivity index (χ1) is 10.9. The summed E-state index contributed by atoms with van der Waals surface area (Å²) in [7, 11) is 0. The Kier molecular flexibility index (Phi) is 4.09. The predicted molar refractivity (Wildman–Crippen MR) is 76.1 cm³/mol. The molecule has 1 aromatic rings. The standard InChI is InChI=1S/C16H18O7/c1-9(17)19-14-11-12(23-16(2,3)22-11)15(21-14)20-13(18)10-7-5-4-6-8-10/h4-8,11-12,14-15H,1-3H3/t11-,12+,14-,15+/m0/s1. The number of hydrogen-bond acceptors (Lipinski definition) is 7. The normalized spacial score (nSPS) is 31.4. The van der Waals surface area contributed by atoms with Crippen LogP contribution in [0.1, 0.15) is 31.1 Å². The molecule has 0 saturated carbocycles. The molecule has 2 heterocycles. The van der Waals surface area contributed by atoms with E-state index in [1.807, 2.05) is 0 Å². The lowest BCUT2D eigenvalue weighted by Gasteiger charge is -2.23. The smallest absolute Gasteiger partial charge is 0.340 e. The van der Waals surface area contributed by atoms with Crippen LogP contribution in [-0.2, 0) is 28.5 Å². The number of fused-ring (bicyclic) bond motifs is 1. The van der Waals surface area contributed by atoms with Gasteiger partial charge >= 0.3 is 11.9 Å². The van der Waals surface area contributed by atoms with E-state index in [4.69, 9.17) is 23.7 Å². The van der Waals surface area contributed by atoms with Gasteiger partial charge in [0.15, 0.2) is 18.0 Å². The van der Waals surface area contributed by atoms with Crippen molar-refractivity contribution in [2.75, 3.05) is 0 Å². The molecule has 7 nitrogen and oxygen atoms in total. The van der Waals surface area contributed by atoms with Gasteiger partial charge < -0.3 is 18.9 Å². The van der Waals surface area contributed by atoms with Crippen LogP contribution in [0, 0.1) is 0 Å². The zero-order valence-corrected chi connectivity index (χ0v) is 13.1. The summed E-state index contributed by atoms with van der Waals surface area (Å²) in [5.41, 5.74) is 0.391. The maximum Gasteiger partial charge on any atom is 0.340 e. The molecule has 0 radical (unpaired) electrons. The Bertz CT molecular complexity index is 598. The third kappa shape index (κ3) is 3.36. The fraction of sp³-hybridized carbons (Fsp3) is 0.500. The molecule has 124 valence electrons. The summed E-state index contributed by atoms with van der Waals surface area (Å²) in [5.74, 6) is -1.95. The summed E-state index contributed by atoms with van der Waals surface area (Å²) in [6.45, 7) is 4.72. The second kappa shape index (κ2) is 5.92. The SMILES string of the molecule is CC(=O)O[C@H]1O[C@@H](OC(=O)c2ccccc2)[C@@H]2OC(C)(C)O[C@H]12. The van der Waals surface area contributed by atoms with Gasteiger partial charge in [-0.25, -0.2) is 4.79 Å². The minimum absolute atomic E-state index is 0.391. The molecule has 7 heteroatoms. The van der Waals surface area contributed by atoms with Crippen molar-refractivity contribution >= 4 is 11.9 Å². The molecule has 0 spiro atoms. The van der Waals surface area contributed by atoms with E-state index in [1.54, 1.807) is 44.2 Å². The zero-order valence-electron chi connectivity index (χ0n) is 13.1. The molecule has 0 unspecified atom stereocenters. The molecule has 2 saturated heterocycles. The predicted octanol–water partition coefficient (Wildman–Crippen LogP) is 1.61. The van der Waals surface area contributed by atoms with E-state index in [-0.39, 0.29) is 0 Å².